The molecule has 0 radical (unpaired) electrons. The predicted octanol–water partition coefficient (Wildman–Crippen LogP) is 1.12. The van der Waals surface area contributed by atoms with Gasteiger partial charge in [0.05, 0.1) is 18.3 Å². The van der Waals surface area contributed by atoms with Crippen LogP contribution in [0.1, 0.15) is 44.4 Å². The molecule has 2 heterocycles. The van der Waals surface area contributed by atoms with Crippen LogP contribution in [-0.2, 0) is 6.54 Å². The standard InChI is InChI=1S/C11H18N6/c1-8(2)17-5-4-10(14-17)6-16-7-13-11(15-16)9(3)12/h4-5,7-9H,6,12H2,1-3H3. The second-order valence-corrected chi connectivity index (χ2v) is 4.47. The number of hydrogen-bond acceptors (Lipinski definition) is 4. The summed E-state index contributed by atoms with van der Waals surface area (Å²) in [4.78, 5) is 4.15. The highest BCUT2D eigenvalue weighted by Crippen LogP contribution is 2.06. The molecule has 0 bridgehead atoms. The minimum Gasteiger partial charge on any atom is -0.321 e. The summed E-state index contributed by atoms with van der Waals surface area (Å²) in [7, 11) is 0. The van der Waals surface area contributed by atoms with E-state index in [4.69, 9.17) is 5.73 Å². The maximum atomic E-state index is 5.71. The van der Waals surface area contributed by atoms with Crippen molar-refractivity contribution in [1.29, 1.82) is 0 Å². The molecule has 1 unspecified atom stereocenters. The summed E-state index contributed by atoms with van der Waals surface area (Å²) < 4.78 is 3.68. The van der Waals surface area contributed by atoms with Crippen LogP contribution in [0.3, 0.4) is 0 Å². The van der Waals surface area contributed by atoms with Gasteiger partial charge in [0.1, 0.15) is 6.33 Å². The van der Waals surface area contributed by atoms with Crippen molar-refractivity contribution in [2.24, 2.45) is 5.73 Å². The Morgan fingerprint density at radius 3 is 2.59 bits per heavy atom. The first-order chi connectivity index (χ1) is 8.06. The molecule has 2 aromatic rings. The Labute approximate surface area is 100 Å². The van der Waals surface area contributed by atoms with Crippen molar-refractivity contribution < 1.29 is 0 Å². The van der Waals surface area contributed by atoms with Gasteiger partial charge < -0.3 is 5.73 Å². The predicted molar refractivity (Wildman–Crippen MR) is 64.3 cm³/mol. The zero-order chi connectivity index (χ0) is 12.4. The van der Waals surface area contributed by atoms with Gasteiger partial charge in [0.2, 0.25) is 0 Å². The maximum absolute atomic E-state index is 5.71. The van der Waals surface area contributed by atoms with Gasteiger partial charge in [0, 0.05) is 12.2 Å². The molecular formula is C11H18N6. The van der Waals surface area contributed by atoms with Crippen LogP contribution in [0, 0.1) is 0 Å². The largest absolute Gasteiger partial charge is 0.321 e. The summed E-state index contributed by atoms with van der Waals surface area (Å²) in [6, 6.07) is 2.23. The monoisotopic (exact) mass is 234 g/mol. The molecule has 6 heteroatoms. The lowest BCUT2D eigenvalue weighted by Crippen LogP contribution is -2.09. The van der Waals surface area contributed by atoms with Gasteiger partial charge in [-0.05, 0) is 26.8 Å². The summed E-state index contributed by atoms with van der Waals surface area (Å²) in [6.07, 6.45) is 3.66. The van der Waals surface area contributed by atoms with Gasteiger partial charge in [0.25, 0.3) is 0 Å². The zero-order valence-corrected chi connectivity index (χ0v) is 10.4. The Morgan fingerprint density at radius 1 is 1.29 bits per heavy atom. The normalized spacial score (nSPS) is 13.2. The molecule has 0 saturated heterocycles. The Balaban J connectivity index is 2.08. The first-order valence-electron chi connectivity index (χ1n) is 5.75. The molecule has 0 fully saturated rings. The molecule has 0 saturated carbocycles. The van der Waals surface area contributed by atoms with Crippen LogP contribution in [0.2, 0.25) is 0 Å². The molecule has 0 spiro atoms. The highest BCUT2D eigenvalue weighted by Gasteiger charge is 2.07. The molecule has 0 aliphatic rings. The van der Waals surface area contributed by atoms with E-state index in [2.05, 4.69) is 29.0 Å². The van der Waals surface area contributed by atoms with E-state index in [9.17, 15) is 0 Å². The van der Waals surface area contributed by atoms with Crippen LogP contribution < -0.4 is 5.73 Å². The first-order valence-corrected chi connectivity index (χ1v) is 5.75. The minimum atomic E-state index is -0.135. The van der Waals surface area contributed by atoms with Gasteiger partial charge in [-0.1, -0.05) is 0 Å². The fourth-order valence-electron chi connectivity index (χ4n) is 1.51. The van der Waals surface area contributed by atoms with Crippen molar-refractivity contribution in [2.75, 3.05) is 0 Å². The second kappa shape index (κ2) is 4.67. The highest BCUT2D eigenvalue weighted by molar-refractivity contribution is 5.00. The van der Waals surface area contributed by atoms with E-state index in [0.29, 0.717) is 18.4 Å². The quantitative estimate of drug-likeness (QED) is 0.860. The van der Waals surface area contributed by atoms with Crippen molar-refractivity contribution in [1.82, 2.24) is 24.5 Å². The number of hydrogen-bond donors (Lipinski definition) is 1. The lowest BCUT2D eigenvalue weighted by Gasteiger charge is -2.03. The Morgan fingerprint density at radius 2 is 2.06 bits per heavy atom. The van der Waals surface area contributed by atoms with Crippen LogP contribution in [0.25, 0.3) is 0 Å². The van der Waals surface area contributed by atoms with Gasteiger partial charge in [-0.25, -0.2) is 9.67 Å². The van der Waals surface area contributed by atoms with E-state index in [-0.39, 0.29) is 6.04 Å². The van der Waals surface area contributed by atoms with Crippen molar-refractivity contribution >= 4 is 0 Å². The zero-order valence-electron chi connectivity index (χ0n) is 10.4. The van der Waals surface area contributed by atoms with Gasteiger partial charge in [-0.3, -0.25) is 4.68 Å². The summed E-state index contributed by atoms with van der Waals surface area (Å²) >= 11 is 0. The molecule has 17 heavy (non-hydrogen) atoms. The lowest BCUT2D eigenvalue weighted by atomic mass is 10.3. The van der Waals surface area contributed by atoms with Gasteiger partial charge in [-0.2, -0.15) is 10.2 Å². The second-order valence-electron chi connectivity index (χ2n) is 4.47. The summed E-state index contributed by atoms with van der Waals surface area (Å²) in [5.41, 5.74) is 6.68. The molecule has 0 aromatic carbocycles. The molecule has 0 amide bonds. The topological polar surface area (TPSA) is 74.5 Å². The van der Waals surface area contributed by atoms with Crippen LogP contribution in [0.4, 0.5) is 0 Å². The summed E-state index contributed by atoms with van der Waals surface area (Å²) in [6.45, 7) is 6.69. The molecule has 1 atom stereocenters. The van der Waals surface area contributed by atoms with Crippen LogP contribution in [0.5, 0.6) is 0 Å². The van der Waals surface area contributed by atoms with E-state index in [1.807, 2.05) is 23.9 Å². The smallest absolute Gasteiger partial charge is 0.166 e. The van der Waals surface area contributed by atoms with Crippen LogP contribution in [0.15, 0.2) is 18.6 Å². The molecule has 0 aliphatic heterocycles. The van der Waals surface area contributed by atoms with E-state index in [1.165, 1.54) is 0 Å². The third-order valence-electron chi connectivity index (χ3n) is 2.48. The van der Waals surface area contributed by atoms with Crippen LogP contribution in [-0.4, -0.2) is 24.5 Å². The van der Waals surface area contributed by atoms with E-state index < -0.39 is 0 Å². The van der Waals surface area contributed by atoms with Gasteiger partial charge >= 0.3 is 0 Å². The van der Waals surface area contributed by atoms with E-state index in [1.54, 1.807) is 11.0 Å². The van der Waals surface area contributed by atoms with E-state index in [0.717, 1.165) is 5.69 Å². The Hall–Kier alpha value is -1.69. The van der Waals surface area contributed by atoms with Crippen LogP contribution >= 0.6 is 0 Å². The SMILES string of the molecule is CC(N)c1ncn(Cc2ccn(C(C)C)n2)n1. The molecule has 2 N–H and O–H groups in total. The van der Waals surface area contributed by atoms with Crippen molar-refractivity contribution in [3.8, 4) is 0 Å². The Kier molecular flexibility index (Phi) is 3.23. The molecule has 2 aromatic heterocycles. The summed E-state index contributed by atoms with van der Waals surface area (Å²) in [5.74, 6) is 0.660. The average Bonchev–Trinajstić information content (AvgIpc) is 2.87. The van der Waals surface area contributed by atoms with Crippen molar-refractivity contribution in [2.45, 2.75) is 39.4 Å². The average molecular weight is 234 g/mol. The highest BCUT2D eigenvalue weighted by atomic mass is 15.4. The number of aromatic nitrogens is 5. The van der Waals surface area contributed by atoms with Gasteiger partial charge in [0.15, 0.2) is 5.82 Å². The molecule has 92 valence electrons. The van der Waals surface area contributed by atoms with Crippen molar-refractivity contribution in [3.63, 3.8) is 0 Å². The third kappa shape index (κ3) is 2.71. The van der Waals surface area contributed by atoms with Crippen molar-refractivity contribution in [3.05, 3.63) is 30.1 Å². The molecule has 0 aliphatic carbocycles. The summed E-state index contributed by atoms with van der Waals surface area (Å²) in [5, 5.41) is 8.75. The number of nitrogens with two attached hydrogens (primary N) is 1. The Bertz CT molecular complexity index is 437. The van der Waals surface area contributed by atoms with Gasteiger partial charge in [-0.15, -0.1) is 0 Å². The molecular weight excluding hydrogens is 216 g/mol. The maximum Gasteiger partial charge on any atom is 0.166 e. The number of nitrogens with zero attached hydrogens (tertiary/aromatic N) is 5. The first kappa shape index (κ1) is 11.8. The minimum absolute atomic E-state index is 0.135. The van der Waals surface area contributed by atoms with E-state index >= 15 is 0 Å². The third-order valence-corrected chi connectivity index (χ3v) is 2.48. The lowest BCUT2D eigenvalue weighted by molar-refractivity contribution is 0.520. The fourth-order valence-corrected chi connectivity index (χ4v) is 1.51. The molecule has 6 nitrogen and oxygen atoms in total. The number of rotatable bonds is 4. The fraction of sp³-hybridized carbons (Fsp3) is 0.545. The molecule has 2 rings (SSSR count).